The lowest BCUT2D eigenvalue weighted by Crippen LogP contribution is -2.48. The number of carbonyl (C=O) groups is 3. The number of carbonyl (C=O) groups excluding carboxylic acids is 3. The minimum absolute atomic E-state index is 0.218. The summed E-state index contributed by atoms with van der Waals surface area (Å²) in [6.07, 6.45) is 3.39. The number of para-hydroxylation sites is 1. The van der Waals surface area contributed by atoms with Crippen LogP contribution < -0.4 is 21.1 Å². The summed E-state index contributed by atoms with van der Waals surface area (Å²) >= 11 is 6.15. The van der Waals surface area contributed by atoms with Crippen molar-refractivity contribution in [2.24, 2.45) is 5.73 Å². The highest BCUT2D eigenvalue weighted by Gasteiger charge is 2.36. The van der Waals surface area contributed by atoms with Gasteiger partial charge < -0.3 is 26.0 Å². The lowest BCUT2D eigenvalue weighted by atomic mass is 10.00. The van der Waals surface area contributed by atoms with Crippen molar-refractivity contribution >= 4 is 46.2 Å². The first-order chi connectivity index (χ1) is 16.4. The number of ether oxygens (including phenoxy) is 1. The Kier molecular flexibility index (Phi) is 5.79. The van der Waals surface area contributed by atoms with Crippen molar-refractivity contribution < 1.29 is 19.1 Å². The Balaban J connectivity index is 1.33. The highest BCUT2D eigenvalue weighted by atomic mass is 35.5. The maximum absolute atomic E-state index is 13.2. The van der Waals surface area contributed by atoms with Crippen molar-refractivity contribution in [2.45, 2.75) is 31.3 Å². The summed E-state index contributed by atoms with van der Waals surface area (Å²) in [4.78, 5) is 39.7. The summed E-state index contributed by atoms with van der Waals surface area (Å²) < 4.78 is 6.96. The molecule has 5 rings (SSSR count). The van der Waals surface area contributed by atoms with Gasteiger partial charge in [-0.25, -0.2) is 9.59 Å². The molecule has 4 amide bonds. The molecule has 0 radical (unpaired) electrons. The van der Waals surface area contributed by atoms with E-state index in [2.05, 4.69) is 10.6 Å². The SMILES string of the molecule is NC(=O)n1cc(NC(=O)N2CCC[C@H]2C(=O)NC2CCOc3ccc(Cl)cc32)c2ccccc21. The molecule has 0 spiro atoms. The molecule has 34 heavy (non-hydrogen) atoms. The molecular formula is C24H24ClN5O4. The number of aromatic nitrogens is 1. The van der Waals surface area contributed by atoms with Gasteiger partial charge in [0.25, 0.3) is 0 Å². The van der Waals surface area contributed by atoms with Crippen LogP contribution in [0.2, 0.25) is 5.02 Å². The summed E-state index contributed by atoms with van der Waals surface area (Å²) in [6, 6.07) is 10.6. The molecule has 1 saturated heterocycles. The third kappa shape index (κ3) is 4.03. The van der Waals surface area contributed by atoms with E-state index >= 15 is 0 Å². The standard InChI is InChI=1S/C24H24ClN5O4/c25-14-7-8-21-16(12-14)17(9-11-34-21)27-22(31)20-6-3-10-29(20)24(33)28-18-13-30(23(26)32)19-5-2-1-4-15(18)19/h1-2,4-5,7-8,12-13,17,20H,3,6,9-11H2,(H2,26,32)(H,27,31)(H,28,33)/t17?,20-/m0/s1. The maximum atomic E-state index is 13.2. The van der Waals surface area contributed by atoms with Gasteiger partial charge in [-0.2, -0.15) is 0 Å². The monoisotopic (exact) mass is 481 g/mol. The number of nitrogens with two attached hydrogens (primary N) is 1. The fourth-order valence-electron chi connectivity index (χ4n) is 4.71. The molecule has 4 N–H and O–H groups in total. The zero-order valence-electron chi connectivity index (χ0n) is 18.3. The second kappa shape index (κ2) is 8.90. The first-order valence-corrected chi connectivity index (χ1v) is 11.5. The van der Waals surface area contributed by atoms with Crippen LogP contribution in [0.5, 0.6) is 5.75 Å². The predicted molar refractivity (Wildman–Crippen MR) is 128 cm³/mol. The van der Waals surface area contributed by atoms with E-state index in [1.165, 1.54) is 15.7 Å². The van der Waals surface area contributed by atoms with Crippen LogP contribution in [-0.4, -0.2) is 46.6 Å². The van der Waals surface area contributed by atoms with E-state index < -0.39 is 18.1 Å². The van der Waals surface area contributed by atoms with Gasteiger partial charge in [0.1, 0.15) is 11.8 Å². The number of nitrogens with zero attached hydrogens (tertiary/aromatic N) is 2. The van der Waals surface area contributed by atoms with Crippen LogP contribution in [0.3, 0.4) is 0 Å². The molecule has 176 valence electrons. The van der Waals surface area contributed by atoms with E-state index in [1.807, 2.05) is 6.07 Å². The number of hydrogen-bond donors (Lipinski definition) is 3. The van der Waals surface area contributed by atoms with Crippen LogP contribution in [0.4, 0.5) is 15.3 Å². The highest BCUT2D eigenvalue weighted by Crippen LogP contribution is 2.34. The van der Waals surface area contributed by atoms with Gasteiger partial charge in [0.2, 0.25) is 5.91 Å². The number of amides is 4. The van der Waals surface area contributed by atoms with Crippen LogP contribution in [0, 0.1) is 0 Å². The van der Waals surface area contributed by atoms with Gasteiger partial charge in [0, 0.05) is 35.1 Å². The van der Waals surface area contributed by atoms with Crippen LogP contribution in [-0.2, 0) is 4.79 Å². The molecule has 0 aliphatic carbocycles. The summed E-state index contributed by atoms with van der Waals surface area (Å²) in [5, 5.41) is 7.19. The number of benzene rings is 2. The first-order valence-electron chi connectivity index (χ1n) is 11.1. The number of rotatable bonds is 3. The topological polar surface area (TPSA) is 119 Å². The third-order valence-electron chi connectivity index (χ3n) is 6.34. The van der Waals surface area contributed by atoms with Gasteiger partial charge in [-0.05, 0) is 37.1 Å². The van der Waals surface area contributed by atoms with E-state index in [4.69, 9.17) is 22.1 Å². The minimum Gasteiger partial charge on any atom is -0.493 e. The average Bonchev–Trinajstić information content (AvgIpc) is 3.45. The molecule has 3 aromatic rings. The van der Waals surface area contributed by atoms with E-state index in [9.17, 15) is 14.4 Å². The quantitative estimate of drug-likeness (QED) is 0.526. The Morgan fingerprint density at radius 2 is 1.94 bits per heavy atom. The van der Waals surface area contributed by atoms with Gasteiger partial charge in [-0.3, -0.25) is 9.36 Å². The molecule has 9 nitrogen and oxygen atoms in total. The number of anilines is 1. The molecule has 2 aliphatic heterocycles. The summed E-state index contributed by atoms with van der Waals surface area (Å²) in [5.41, 5.74) is 7.36. The smallest absolute Gasteiger partial charge is 0.323 e. The number of urea groups is 1. The Morgan fingerprint density at radius 1 is 1.12 bits per heavy atom. The number of halogens is 1. The molecule has 1 aromatic heterocycles. The minimum atomic E-state index is -0.646. The average molecular weight is 482 g/mol. The molecule has 1 unspecified atom stereocenters. The zero-order valence-corrected chi connectivity index (χ0v) is 19.0. The van der Waals surface area contributed by atoms with Crippen molar-refractivity contribution in [3.8, 4) is 5.75 Å². The molecule has 3 heterocycles. The third-order valence-corrected chi connectivity index (χ3v) is 6.57. The summed E-state index contributed by atoms with van der Waals surface area (Å²) in [6.45, 7) is 0.937. The van der Waals surface area contributed by atoms with E-state index in [-0.39, 0.29) is 11.9 Å². The second-order valence-electron chi connectivity index (χ2n) is 8.43. The van der Waals surface area contributed by atoms with E-state index in [0.717, 1.165) is 5.56 Å². The van der Waals surface area contributed by atoms with Gasteiger partial charge in [0.15, 0.2) is 0 Å². The second-order valence-corrected chi connectivity index (χ2v) is 8.87. The van der Waals surface area contributed by atoms with Gasteiger partial charge in [-0.1, -0.05) is 29.8 Å². The lowest BCUT2D eigenvalue weighted by Gasteiger charge is -2.30. The molecule has 0 saturated carbocycles. The predicted octanol–water partition coefficient (Wildman–Crippen LogP) is 3.86. The molecule has 10 heteroatoms. The molecule has 2 aromatic carbocycles. The van der Waals surface area contributed by atoms with Crippen molar-refractivity contribution in [1.82, 2.24) is 14.8 Å². The van der Waals surface area contributed by atoms with Crippen molar-refractivity contribution in [1.29, 1.82) is 0 Å². The van der Waals surface area contributed by atoms with E-state index in [1.54, 1.807) is 36.4 Å². The van der Waals surface area contributed by atoms with Crippen LogP contribution in [0.1, 0.15) is 30.9 Å². The van der Waals surface area contributed by atoms with Gasteiger partial charge >= 0.3 is 12.1 Å². The van der Waals surface area contributed by atoms with Gasteiger partial charge in [-0.15, -0.1) is 0 Å². The maximum Gasteiger partial charge on any atom is 0.323 e. The van der Waals surface area contributed by atoms with Gasteiger partial charge in [0.05, 0.1) is 23.9 Å². The van der Waals surface area contributed by atoms with E-state index in [0.29, 0.717) is 59.8 Å². The fourth-order valence-corrected chi connectivity index (χ4v) is 4.89. The Labute approximate surface area is 200 Å². The molecular weight excluding hydrogens is 458 g/mol. The lowest BCUT2D eigenvalue weighted by molar-refractivity contribution is -0.125. The summed E-state index contributed by atoms with van der Waals surface area (Å²) in [7, 11) is 0. The highest BCUT2D eigenvalue weighted by molar-refractivity contribution is 6.30. The van der Waals surface area contributed by atoms with Crippen LogP contribution in [0.25, 0.3) is 10.9 Å². The molecule has 0 bridgehead atoms. The zero-order chi connectivity index (χ0) is 23.8. The number of nitrogens with one attached hydrogen (secondary N) is 2. The van der Waals surface area contributed by atoms with Crippen molar-refractivity contribution in [3.63, 3.8) is 0 Å². The largest absolute Gasteiger partial charge is 0.493 e. The molecule has 2 atom stereocenters. The number of primary amides is 1. The Morgan fingerprint density at radius 3 is 2.76 bits per heavy atom. The first kappa shape index (κ1) is 22.1. The normalized spacial score (nSPS) is 19.4. The molecule has 2 aliphatic rings. The molecule has 1 fully saturated rings. The Bertz CT molecular complexity index is 1290. The van der Waals surface area contributed by atoms with Crippen molar-refractivity contribution in [2.75, 3.05) is 18.5 Å². The number of likely N-dealkylation sites (tertiary alicyclic amines) is 1. The number of fused-ring (bicyclic) bond motifs is 2. The Hall–Kier alpha value is -3.72. The number of hydrogen-bond acceptors (Lipinski definition) is 4. The van der Waals surface area contributed by atoms with Crippen molar-refractivity contribution in [3.05, 3.63) is 59.2 Å². The van der Waals surface area contributed by atoms with Crippen LogP contribution in [0.15, 0.2) is 48.7 Å². The van der Waals surface area contributed by atoms with Crippen LogP contribution >= 0.6 is 11.6 Å². The fraction of sp³-hybridized carbons (Fsp3) is 0.292. The summed E-state index contributed by atoms with van der Waals surface area (Å²) in [5.74, 6) is 0.484.